The Balaban J connectivity index is 1.93. The second-order valence-electron chi connectivity index (χ2n) is 4.60. The van der Waals surface area contributed by atoms with E-state index in [0.29, 0.717) is 6.54 Å². The SMILES string of the molecule is CC(=O)N1CCN(Cc2cccnc2CN)CC1. The van der Waals surface area contributed by atoms with E-state index >= 15 is 0 Å². The Kier molecular flexibility index (Phi) is 4.28. The van der Waals surface area contributed by atoms with Crippen LogP contribution in [0.15, 0.2) is 18.3 Å². The third-order valence-electron chi connectivity index (χ3n) is 3.39. The first-order valence-corrected chi connectivity index (χ1v) is 6.31. The molecule has 0 aromatic carbocycles. The Bertz CT molecular complexity index is 413. The molecular weight excluding hydrogens is 228 g/mol. The monoisotopic (exact) mass is 248 g/mol. The molecule has 1 aromatic heterocycles. The fourth-order valence-corrected chi connectivity index (χ4v) is 2.26. The topological polar surface area (TPSA) is 62.5 Å². The van der Waals surface area contributed by atoms with Crippen LogP contribution in [0.5, 0.6) is 0 Å². The first-order chi connectivity index (χ1) is 8.70. The molecule has 1 saturated heterocycles. The highest BCUT2D eigenvalue weighted by Crippen LogP contribution is 2.11. The molecule has 2 rings (SSSR count). The van der Waals surface area contributed by atoms with Crippen molar-refractivity contribution in [2.45, 2.75) is 20.0 Å². The molecule has 1 aliphatic rings. The Hall–Kier alpha value is -1.46. The van der Waals surface area contributed by atoms with Crippen LogP contribution in [-0.2, 0) is 17.9 Å². The maximum absolute atomic E-state index is 11.2. The third kappa shape index (κ3) is 3.05. The maximum atomic E-state index is 11.2. The van der Waals surface area contributed by atoms with Gasteiger partial charge in [0.2, 0.25) is 5.91 Å². The predicted octanol–water partition coefficient (Wildman–Crippen LogP) is 0.204. The lowest BCUT2D eigenvalue weighted by molar-refractivity contribution is -0.130. The van der Waals surface area contributed by atoms with Crippen LogP contribution in [0.2, 0.25) is 0 Å². The molecule has 18 heavy (non-hydrogen) atoms. The summed E-state index contributed by atoms with van der Waals surface area (Å²) in [4.78, 5) is 19.8. The first kappa shape index (κ1) is 13.0. The molecule has 0 spiro atoms. The van der Waals surface area contributed by atoms with Gasteiger partial charge in [-0.2, -0.15) is 0 Å². The number of nitrogens with zero attached hydrogens (tertiary/aromatic N) is 3. The van der Waals surface area contributed by atoms with Crippen molar-refractivity contribution in [3.63, 3.8) is 0 Å². The molecule has 1 amide bonds. The summed E-state index contributed by atoms with van der Waals surface area (Å²) in [6.07, 6.45) is 1.78. The zero-order valence-electron chi connectivity index (χ0n) is 10.8. The van der Waals surface area contributed by atoms with Crippen molar-refractivity contribution in [2.75, 3.05) is 26.2 Å². The molecule has 2 N–H and O–H groups in total. The average Bonchev–Trinajstić information content (AvgIpc) is 2.40. The van der Waals surface area contributed by atoms with Crippen molar-refractivity contribution < 1.29 is 4.79 Å². The molecule has 0 atom stereocenters. The molecule has 0 aliphatic carbocycles. The molecule has 0 saturated carbocycles. The summed E-state index contributed by atoms with van der Waals surface area (Å²) in [5.41, 5.74) is 7.84. The number of nitrogens with two attached hydrogens (primary N) is 1. The number of rotatable bonds is 3. The highest BCUT2D eigenvalue weighted by Gasteiger charge is 2.19. The van der Waals surface area contributed by atoms with E-state index < -0.39 is 0 Å². The van der Waals surface area contributed by atoms with Crippen molar-refractivity contribution >= 4 is 5.91 Å². The van der Waals surface area contributed by atoms with E-state index in [9.17, 15) is 4.79 Å². The van der Waals surface area contributed by atoms with Crippen molar-refractivity contribution in [3.8, 4) is 0 Å². The lowest BCUT2D eigenvalue weighted by atomic mass is 10.1. The normalized spacial score (nSPS) is 16.9. The molecule has 0 unspecified atom stereocenters. The lowest BCUT2D eigenvalue weighted by Crippen LogP contribution is -2.47. The van der Waals surface area contributed by atoms with Crippen LogP contribution >= 0.6 is 0 Å². The lowest BCUT2D eigenvalue weighted by Gasteiger charge is -2.34. The van der Waals surface area contributed by atoms with Gasteiger partial charge in [-0.3, -0.25) is 14.7 Å². The van der Waals surface area contributed by atoms with Crippen molar-refractivity contribution in [1.82, 2.24) is 14.8 Å². The second-order valence-corrected chi connectivity index (χ2v) is 4.60. The van der Waals surface area contributed by atoms with Gasteiger partial charge in [-0.15, -0.1) is 0 Å². The van der Waals surface area contributed by atoms with E-state index in [2.05, 4.69) is 16.0 Å². The number of pyridine rings is 1. The summed E-state index contributed by atoms with van der Waals surface area (Å²) < 4.78 is 0. The van der Waals surface area contributed by atoms with Gasteiger partial charge in [-0.05, 0) is 11.6 Å². The largest absolute Gasteiger partial charge is 0.340 e. The molecule has 5 nitrogen and oxygen atoms in total. The van der Waals surface area contributed by atoms with Crippen LogP contribution < -0.4 is 5.73 Å². The maximum Gasteiger partial charge on any atom is 0.219 e. The average molecular weight is 248 g/mol. The Morgan fingerprint density at radius 3 is 2.72 bits per heavy atom. The van der Waals surface area contributed by atoms with Gasteiger partial charge in [-0.25, -0.2) is 0 Å². The Morgan fingerprint density at radius 1 is 1.39 bits per heavy atom. The number of carbonyl (C=O) groups is 1. The summed E-state index contributed by atoms with van der Waals surface area (Å²) in [6.45, 7) is 6.43. The van der Waals surface area contributed by atoms with Gasteiger partial charge in [0.15, 0.2) is 0 Å². The van der Waals surface area contributed by atoms with Gasteiger partial charge in [0, 0.05) is 52.4 Å². The number of carbonyl (C=O) groups excluding carboxylic acids is 1. The zero-order chi connectivity index (χ0) is 13.0. The molecule has 2 heterocycles. The fourth-order valence-electron chi connectivity index (χ4n) is 2.26. The molecule has 0 bridgehead atoms. The predicted molar refractivity (Wildman–Crippen MR) is 69.7 cm³/mol. The van der Waals surface area contributed by atoms with Gasteiger partial charge in [-0.1, -0.05) is 6.07 Å². The van der Waals surface area contributed by atoms with Crippen LogP contribution in [-0.4, -0.2) is 46.9 Å². The fraction of sp³-hybridized carbons (Fsp3) is 0.538. The minimum Gasteiger partial charge on any atom is -0.340 e. The molecule has 5 heteroatoms. The van der Waals surface area contributed by atoms with E-state index in [0.717, 1.165) is 38.4 Å². The van der Waals surface area contributed by atoms with Crippen molar-refractivity contribution in [2.24, 2.45) is 5.73 Å². The standard InChI is InChI=1S/C13H20N4O/c1-11(18)17-7-5-16(6-8-17)10-12-3-2-4-15-13(12)9-14/h2-4H,5-10,14H2,1H3. The van der Waals surface area contributed by atoms with Gasteiger partial charge in [0.25, 0.3) is 0 Å². The minimum absolute atomic E-state index is 0.165. The molecular formula is C13H20N4O. The molecule has 98 valence electrons. The van der Waals surface area contributed by atoms with Crippen LogP contribution in [0, 0.1) is 0 Å². The summed E-state index contributed by atoms with van der Waals surface area (Å²) in [7, 11) is 0. The Labute approximate surface area is 108 Å². The van der Waals surface area contributed by atoms with Crippen molar-refractivity contribution in [3.05, 3.63) is 29.6 Å². The quantitative estimate of drug-likeness (QED) is 0.830. The van der Waals surface area contributed by atoms with Crippen LogP contribution in [0.1, 0.15) is 18.2 Å². The van der Waals surface area contributed by atoms with Gasteiger partial charge in [0.05, 0.1) is 5.69 Å². The van der Waals surface area contributed by atoms with Crippen LogP contribution in [0.3, 0.4) is 0 Å². The van der Waals surface area contributed by atoms with E-state index in [1.54, 1.807) is 13.1 Å². The summed E-state index contributed by atoms with van der Waals surface area (Å²) in [6, 6.07) is 4.02. The molecule has 0 radical (unpaired) electrons. The highest BCUT2D eigenvalue weighted by atomic mass is 16.2. The number of aromatic nitrogens is 1. The summed E-state index contributed by atoms with van der Waals surface area (Å²) in [5, 5.41) is 0. The van der Waals surface area contributed by atoms with Crippen LogP contribution in [0.4, 0.5) is 0 Å². The van der Waals surface area contributed by atoms with Gasteiger partial charge >= 0.3 is 0 Å². The summed E-state index contributed by atoms with van der Waals surface area (Å²) >= 11 is 0. The number of hydrogen-bond donors (Lipinski definition) is 1. The van der Waals surface area contributed by atoms with E-state index in [1.165, 1.54) is 5.56 Å². The number of piperazine rings is 1. The number of hydrogen-bond acceptors (Lipinski definition) is 4. The van der Waals surface area contributed by atoms with Gasteiger partial charge < -0.3 is 10.6 Å². The van der Waals surface area contributed by atoms with E-state index in [-0.39, 0.29) is 5.91 Å². The highest BCUT2D eigenvalue weighted by molar-refractivity contribution is 5.73. The van der Waals surface area contributed by atoms with Crippen LogP contribution in [0.25, 0.3) is 0 Å². The molecule has 1 aromatic rings. The number of amides is 1. The Morgan fingerprint density at radius 2 is 2.11 bits per heavy atom. The first-order valence-electron chi connectivity index (χ1n) is 6.31. The summed E-state index contributed by atoms with van der Waals surface area (Å²) in [5.74, 6) is 0.165. The zero-order valence-corrected chi connectivity index (χ0v) is 10.8. The minimum atomic E-state index is 0.165. The molecule has 1 aliphatic heterocycles. The third-order valence-corrected chi connectivity index (χ3v) is 3.39. The van der Waals surface area contributed by atoms with Gasteiger partial charge in [0.1, 0.15) is 0 Å². The van der Waals surface area contributed by atoms with E-state index in [1.807, 2.05) is 11.0 Å². The molecule has 1 fully saturated rings. The van der Waals surface area contributed by atoms with Crippen molar-refractivity contribution in [1.29, 1.82) is 0 Å². The second kappa shape index (κ2) is 5.93. The van der Waals surface area contributed by atoms with E-state index in [4.69, 9.17) is 5.73 Å². The smallest absolute Gasteiger partial charge is 0.219 e.